The molecule has 0 aromatic heterocycles. The number of carbonyl (C=O) groups is 2. The summed E-state index contributed by atoms with van der Waals surface area (Å²) in [5.41, 5.74) is 3.32. The summed E-state index contributed by atoms with van der Waals surface area (Å²) < 4.78 is 0. The van der Waals surface area contributed by atoms with E-state index in [9.17, 15) is 14.7 Å². The molecule has 2 heterocycles. The summed E-state index contributed by atoms with van der Waals surface area (Å²) in [4.78, 5) is 30.3. The molecule has 2 aliphatic heterocycles. The number of urea groups is 1. The second-order valence-corrected chi connectivity index (χ2v) is 7.52. The number of fused-ring (bicyclic) bond motifs is 1. The maximum Gasteiger partial charge on any atom is 0.332 e. The van der Waals surface area contributed by atoms with Gasteiger partial charge in [-0.05, 0) is 36.6 Å². The van der Waals surface area contributed by atoms with E-state index >= 15 is 0 Å². The number of para-hydroxylation sites is 1. The smallest absolute Gasteiger partial charge is 0.332 e. The number of hydrogen-bond donors (Lipinski definition) is 1. The lowest BCUT2D eigenvalue weighted by Crippen LogP contribution is -2.44. The van der Waals surface area contributed by atoms with Gasteiger partial charge in [-0.15, -0.1) is 0 Å². The monoisotopic (exact) mass is 379 g/mol. The predicted octanol–water partition coefficient (Wildman–Crippen LogP) is 2.26. The molecule has 0 aliphatic carbocycles. The molecule has 1 saturated heterocycles. The highest BCUT2D eigenvalue weighted by atomic mass is 16.3. The molecule has 0 saturated carbocycles. The van der Waals surface area contributed by atoms with Gasteiger partial charge in [0, 0.05) is 25.3 Å². The van der Waals surface area contributed by atoms with Gasteiger partial charge in [0.25, 0.3) is 5.91 Å². The van der Waals surface area contributed by atoms with Crippen LogP contribution in [-0.2, 0) is 17.8 Å². The van der Waals surface area contributed by atoms with E-state index in [-0.39, 0.29) is 18.5 Å². The molecule has 2 atom stereocenters. The van der Waals surface area contributed by atoms with E-state index in [4.69, 9.17) is 0 Å². The third kappa shape index (κ3) is 3.53. The van der Waals surface area contributed by atoms with Crippen LogP contribution in [0.15, 0.2) is 54.6 Å². The zero-order valence-corrected chi connectivity index (χ0v) is 16.0. The Morgan fingerprint density at radius 3 is 2.43 bits per heavy atom. The minimum atomic E-state index is -0.777. The number of imide groups is 1. The number of carbonyl (C=O) groups excluding carboxylic acids is 2. The predicted molar refractivity (Wildman–Crippen MR) is 107 cm³/mol. The molecule has 0 spiro atoms. The normalized spacial score (nSPS) is 21.1. The summed E-state index contributed by atoms with van der Waals surface area (Å²) in [6.07, 6.45) is 0.171. The Morgan fingerprint density at radius 1 is 1.00 bits per heavy atom. The van der Waals surface area contributed by atoms with Gasteiger partial charge in [-0.1, -0.05) is 42.5 Å². The van der Waals surface area contributed by atoms with E-state index in [2.05, 4.69) is 17.0 Å². The SMILES string of the molecule is C[C@@H]1C(=O)N(C[C@@H](O)CN2CCc3ccccc3C2)C(=O)N1c1ccccc1. The summed E-state index contributed by atoms with van der Waals surface area (Å²) in [6, 6.07) is 16.6. The molecule has 28 heavy (non-hydrogen) atoms. The summed E-state index contributed by atoms with van der Waals surface area (Å²) in [6.45, 7) is 3.82. The number of aliphatic hydroxyl groups is 1. The molecule has 2 aliphatic rings. The van der Waals surface area contributed by atoms with Gasteiger partial charge in [0.05, 0.1) is 12.6 Å². The van der Waals surface area contributed by atoms with Crippen LogP contribution < -0.4 is 4.90 Å². The Labute approximate surface area is 165 Å². The number of hydrogen-bond acceptors (Lipinski definition) is 4. The van der Waals surface area contributed by atoms with Gasteiger partial charge >= 0.3 is 6.03 Å². The highest BCUT2D eigenvalue weighted by Gasteiger charge is 2.43. The molecule has 1 fully saturated rings. The average Bonchev–Trinajstić information content (AvgIpc) is 2.92. The number of aliphatic hydroxyl groups excluding tert-OH is 1. The fraction of sp³-hybridized carbons (Fsp3) is 0.364. The third-order valence-electron chi connectivity index (χ3n) is 5.55. The Balaban J connectivity index is 1.40. The van der Waals surface area contributed by atoms with Crippen LogP contribution in [0.25, 0.3) is 0 Å². The molecule has 0 unspecified atom stereocenters. The first kappa shape index (κ1) is 18.7. The van der Waals surface area contributed by atoms with Crippen molar-refractivity contribution in [1.82, 2.24) is 9.80 Å². The Hall–Kier alpha value is -2.70. The number of nitrogens with zero attached hydrogens (tertiary/aromatic N) is 3. The molecule has 3 amide bonds. The Morgan fingerprint density at radius 2 is 1.68 bits per heavy atom. The molecular formula is C22H25N3O3. The largest absolute Gasteiger partial charge is 0.390 e. The minimum Gasteiger partial charge on any atom is -0.390 e. The van der Waals surface area contributed by atoms with Crippen molar-refractivity contribution in [3.8, 4) is 0 Å². The molecule has 2 aromatic rings. The van der Waals surface area contributed by atoms with Crippen LogP contribution in [0.1, 0.15) is 18.1 Å². The van der Waals surface area contributed by atoms with Gasteiger partial charge in [-0.2, -0.15) is 0 Å². The number of anilines is 1. The van der Waals surface area contributed by atoms with Crippen molar-refractivity contribution in [3.05, 3.63) is 65.7 Å². The zero-order chi connectivity index (χ0) is 19.7. The molecule has 0 radical (unpaired) electrons. The number of rotatable bonds is 5. The molecule has 4 rings (SSSR count). The van der Waals surface area contributed by atoms with Gasteiger partial charge in [0.1, 0.15) is 6.04 Å². The molecule has 1 N–H and O–H groups in total. The summed E-state index contributed by atoms with van der Waals surface area (Å²) >= 11 is 0. The second-order valence-electron chi connectivity index (χ2n) is 7.52. The lowest BCUT2D eigenvalue weighted by atomic mass is 10.00. The number of benzene rings is 2. The number of β-amino-alcohol motifs (C(OH)–C–C–N with tert-alkyl or cyclic N) is 1. The van der Waals surface area contributed by atoms with E-state index in [1.54, 1.807) is 6.92 Å². The van der Waals surface area contributed by atoms with Crippen molar-refractivity contribution in [1.29, 1.82) is 0 Å². The van der Waals surface area contributed by atoms with Gasteiger partial charge < -0.3 is 5.11 Å². The topological polar surface area (TPSA) is 64.1 Å². The minimum absolute atomic E-state index is 0.0173. The first-order valence-electron chi connectivity index (χ1n) is 9.71. The molecule has 6 heteroatoms. The molecule has 6 nitrogen and oxygen atoms in total. The van der Waals surface area contributed by atoms with Crippen molar-refractivity contribution in [2.45, 2.75) is 32.0 Å². The van der Waals surface area contributed by atoms with Crippen LogP contribution in [-0.4, -0.2) is 58.6 Å². The highest BCUT2D eigenvalue weighted by Crippen LogP contribution is 2.26. The van der Waals surface area contributed by atoms with Crippen molar-refractivity contribution < 1.29 is 14.7 Å². The Bertz CT molecular complexity index is 870. The molecule has 0 bridgehead atoms. The van der Waals surface area contributed by atoms with Crippen LogP contribution in [0.5, 0.6) is 0 Å². The Kier molecular flexibility index (Phi) is 5.15. The van der Waals surface area contributed by atoms with Crippen molar-refractivity contribution >= 4 is 17.6 Å². The van der Waals surface area contributed by atoms with Crippen LogP contribution in [0.2, 0.25) is 0 Å². The summed E-state index contributed by atoms with van der Waals surface area (Å²) in [7, 11) is 0. The number of amides is 3. The maximum absolute atomic E-state index is 12.8. The lowest BCUT2D eigenvalue weighted by molar-refractivity contribution is -0.128. The van der Waals surface area contributed by atoms with Gasteiger partial charge in [0.2, 0.25) is 0 Å². The third-order valence-corrected chi connectivity index (χ3v) is 5.55. The lowest BCUT2D eigenvalue weighted by Gasteiger charge is -2.31. The van der Waals surface area contributed by atoms with Crippen molar-refractivity contribution in [2.24, 2.45) is 0 Å². The van der Waals surface area contributed by atoms with Crippen LogP contribution in [0, 0.1) is 0 Å². The average molecular weight is 379 g/mol. The fourth-order valence-corrected chi connectivity index (χ4v) is 4.09. The van der Waals surface area contributed by atoms with E-state index < -0.39 is 12.1 Å². The van der Waals surface area contributed by atoms with E-state index in [1.807, 2.05) is 42.5 Å². The maximum atomic E-state index is 12.8. The fourth-order valence-electron chi connectivity index (χ4n) is 4.09. The summed E-state index contributed by atoms with van der Waals surface area (Å²) in [5, 5.41) is 10.6. The van der Waals surface area contributed by atoms with Gasteiger partial charge in [0.15, 0.2) is 0 Å². The van der Waals surface area contributed by atoms with Gasteiger partial charge in [-0.25, -0.2) is 4.79 Å². The highest BCUT2D eigenvalue weighted by molar-refractivity contribution is 6.14. The van der Waals surface area contributed by atoms with Crippen LogP contribution in [0.3, 0.4) is 0 Å². The van der Waals surface area contributed by atoms with Crippen molar-refractivity contribution in [3.63, 3.8) is 0 Å². The molecule has 2 aromatic carbocycles. The van der Waals surface area contributed by atoms with Crippen LogP contribution >= 0.6 is 0 Å². The van der Waals surface area contributed by atoms with E-state index in [0.29, 0.717) is 12.2 Å². The summed E-state index contributed by atoms with van der Waals surface area (Å²) in [5.74, 6) is -0.267. The first-order chi connectivity index (χ1) is 13.5. The quantitative estimate of drug-likeness (QED) is 0.810. The van der Waals surface area contributed by atoms with Gasteiger partial charge in [-0.3, -0.25) is 19.5 Å². The van der Waals surface area contributed by atoms with Crippen LogP contribution in [0.4, 0.5) is 10.5 Å². The first-order valence-corrected chi connectivity index (χ1v) is 9.71. The zero-order valence-electron chi connectivity index (χ0n) is 16.0. The molecule has 146 valence electrons. The standard InChI is InChI=1S/C22H25N3O3/c1-16-21(27)24(22(28)25(16)19-9-3-2-4-10-19)15-20(26)14-23-12-11-17-7-5-6-8-18(17)13-23/h2-10,16,20,26H,11-15H2,1H3/t16-,20+/m1/s1. The second kappa shape index (κ2) is 7.73. The van der Waals surface area contributed by atoms with E-state index in [1.165, 1.54) is 20.9 Å². The van der Waals surface area contributed by atoms with E-state index in [0.717, 1.165) is 19.5 Å². The van der Waals surface area contributed by atoms with Crippen molar-refractivity contribution in [2.75, 3.05) is 24.5 Å². The molecular weight excluding hydrogens is 354 g/mol.